The minimum absolute atomic E-state index is 0.400. The van der Waals surface area contributed by atoms with Gasteiger partial charge < -0.3 is 5.32 Å². The molecule has 1 aliphatic rings. The molecule has 0 radical (unpaired) electrons. The lowest BCUT2D eigenvalue weighted by atomic mass is 10.1. The van der Waals surface area contributed by atoms with Crippen molar-refractivity contribution in [1.82, 2.24) is 10.3 Å². The Morgan fingerprint density at radius 3 is 2.94 bits per heavy atom. The maximum atomic E-state index is 9.10. The fourth-order valence-corrected chi connectivity index (χ4v) is 1.41. The number of nitrogens with zero attached hydrogens (tertiary/aromatic N) is 3. The second-order valence-corrected chi connectivity index (χ2v) is 3.39. The number of nitrogens with one attached hydrogen (secondary N) is 1. The largest absolute Gasteiger partial charge is 0.337 e. The van der Waals surface area contributed by atoms with E-state index in [0.29, 0.717) is 22.1 Å². The molecule has 1 N–H and O–H groups in total. The van der Waals surface area contributed by atoms with Crippen LogP contribution < -0.4 is 5.32 Å². The van der Waals surface area contributed by atoms with Crippen molar-refractivity contribution < 1.29 is 0 Å². The molecule has 0 aromatic carbocycles. The molecule has 0 fully saturated rings. The van der Waals surface area contributed by atoms with Crippen molar-refractivity contribution in [1.29, 1.82) is 5.26 Å². The first-order valence-electron chi connectivity index (χ1n) is 4.53. The number of aliphatic imine (C=N–C) groups is 1. The van der Waals surface area contributed by atoms with Crippen LogP contribution in [0, 0.1) is 11.3 Å². The first kappa shape index (κ1) is 10.4. The summed E-state index contributed by atoms with van der Waals surface area (Å²) in [5, 5.41) is 12.2. The predicted octanol–water partition coefficient (Wildman–Crippen LogP) is 2.03. The van der Waals surface area contributed by atoms with Gasteiger partial charge in [0.1, 0.15) is 16.8 Å². The maximum Gasteiger partial charge on any atom is 0.109 e. The Morgan fingerprint density at radius 2 is 2.31 bits per heavy atom. The zero-order valence-electron chi connectivity index (χ0n) is 8.18. The first-order chi connectivity index (χ1) is 7.81. The third-order valence-corrected chi connectivity index (χ3v) is 2.18. The molecule has 4 nitrogen and oxygen atoms in total. The summed E-state index contributed by atoms with van der Waals surface area (Å²) in [6.07, 6.45) is 4.66. The lowest BCUT2D eigenvalue weighted by Gasteiger charge is -2.07. The Balaban J connectivity index is 2.52. The number of rotatable bonds is 1. The van der Waals surface area contributed by atoms with Crippen molar-refractivity contribution >= 4 is 23.5 Å². The number of nitriles is 1. The lowest BCUT2D eigenvalue weighted by molar-refractivity contribution is 1.18. The minimum Gasteiger partial charge on any atom is -0.337 e. The second kappa shape index (κ2) is 4.60. The van der Waals surface area contributed by atoms with Crippen LogP contribution in [0.15, 0.2) is 46.3 Å². The van der Waals surface area contributed by atoms with Crippen LogP contribution in [-0.2, 0) is 0 Å². The van der Waals surface area contributed by atoms with E-state index in [0.717, 1.165) is 0 Å². The summed E-state index contributed by atoms with van der Waals surface area (Å²) >= 11 is 5.79. The van der Waals surface area contributed by atoms with Crippen LogP contribution >= 0.6 is 11.6 Å². The molecule has 1 aromatic heterocycles. The molecule has 5 heteroatoms. The van der Waals surface area contributed by atoms with E-state index in [1.807, 2.05) is 6.07 Å². The van der Waals surface area contributed by atoms with Crippen molar-refractivity contribution in [3.63, 3.8) is 0 Å². The summed E-state index contributed by atoms with van der Waals surface area (Å²) in [5.41, 5.74) is 1.49. The maximum absolute atomic E-state index is 9.10. The molecule has 0 atom stereocenters. The molecule has 0 unspecified atom stereocenters. The normalized spacial score (nSPS) is 17.1. The van der Waals surface area contributed by atoms with E-state index in [9.17, 15) is 0 Å². The smallest absolute Gasteiger partial charge is 0.109 e. The fourth-order valence-electron chi connectivity index (χ4n) is 1.26. The van der Waals surface area contributed by atoms with Gasteiger partial charge in [0.05, 0.1) is 17.7 Å². The summed E-state index contributed by atoms with van der Waals surface area (Å²) < 4.78 is 0. The molecule has 0 bridgehead atoms. The first-order valence-corrected chi connectivity index (χ1v) is 4.91. The van der Waals surface area contributed by atoms with E-state index >= 15 is 0 Å². The van der Waals surface area contributed by atoms with Gasteiger partial charge >= 0.3 is 0 Å². The van der Waals surface area contributed by atoms with Gasteiger partial charge in [-0.05, 0) is 12.1 Å². The second-order valence-electron chi connectivity index (χ2n) is 2.98. The highest BCUT2D eigenvalue weighted by Crippen LogP contribution is 2.20. The number of hydrogen-bond acceptors (Lipinski definition) is 4. The number of halogens is 1. The molecule has 1 aromatic rings. The van der Waals surface area contributed by atoms with Crippen LogP contribution in [0.1, 0.15) is 5.69 Å². The molecule has 16 heavy (non-hydrogen) atoms. The topological polar surface area (TPSA) is 61.1 Å². The van der Waals surface area contributed by atoms with Gasteiger partial charge in [0.25, 0.3) is 0 Å². The third-order valence-electron chi connectivity index (χ3n) is 1.96. The van der Waals surface area contributed by atoms with Crippen LogP contribution in [0.4, 0.5) is 0 Å². The van der Waals surface area contributed by atoms with Gasteiger partial charge in [-0.2, -0.15) is 5.26 Å². The Morgan fingerprint density at radius 1 is 1.44 bits per heavy atom. The number of aromatic nitrogens is 1. The Kier molecular flexibility index (Phi) is 2.99. The van der Waals surface area contributed by atoms with Gasteiger partial charge in [0.2, 0.25) is 0 Å². The molecule has 0 spiro atoms. The molecular formula is C11H7ClN4. The van der Waals surface area contributed by atoms with Gasteiger partial charge in [-0.1, -0.05) is 17.7 Å². The molecule has 0 aliphatic carbocycles. The van der Waals surface area contributed by atoms with Crippen LogP contribution in [-0.4, -0.2) is 11.3 Å². The quantitative estimate of drug-likeness (QED) is 0.593. The molecule has 78 valence electrons. The van der Waals surface area contributed by atoms with E-state index in [-0.39, 0.29) is 0 Å². The molecular weight excluding hydrogens is 224 g/mol. The van der Waals surface area contributed by atoms with E-state index in [1.54, 1.807) is 24.4 Å². The van der Waals surface area contributed by atoms with E-state index in [1.165, 1.54) is 6.34 Å². The SMILES string of the molecule is N#CC(=C1C=C(Cl)NC=N1)c1ccccn1. The number of hydrogen-bond donors (Lipinski definition) is 1. The van der Waals surface area contributed by atoms with E-state index in [4.69, 9.17) is 16.9 Å². The van der Waals surface area contributed by atoms with E-state index < -0.39 is 0 Å². The van der Waals surface area contributed by atoms with Crippen molar-refractivity contribution in [3.8, 4) is 6.07 Å². The summed E-state index contributed by atoms with van der Waals surface area (Å²) in [5.74, 6) is 0. The minimum atomic E-state index is 0.400. The average Bonchev–Trinajstić information content (AvgIpc) is 2.31. The van der Waals surface area contributed by atoms with Crippen LogP contribution in [0.5, 0.6) is 0 Å². The van der Waals surface area contributed by atoms with Gasteiger partial charge in [0.15, 0.2) is 0 Å². The summed E-state index contributed by atoms with van der Waals surface area (Å²) in [4.78, 5) is 8.15. The number of pyridine rings is 1. The van der Waals surface area contributed by atoms with Crippen molar-refractivity contribution in [2.75, 3.05) is 0 Å². The van der Waals surface area contributed by atoms with Gasteiger partial charge in [0, 0.05) is 12.3 Å². The van der Waals surface area contributed by atoms with Crippen molar-refractivity contribution in [3.05, 3.63) is 47.0 Å². The standard InChI is InChI=1S/C11H7ClN4/c12-11-5-10(15-7-16-11)8(6-13)9-3-1-2-4-14-9/h1-5,7H,(H,15,16). The zero-order chi connectivity index (χ0) is 11.4. The van der Waals surface area contributed by atoms with Crippen molar-refractivity contribution in [2.45, 2.75) is 0 Å². The fraction of sp³-hybridized carbons (Fsp3) is 0. The highest BCUT2D eigenvalue weighted by molar-refractivity contribution is 6.30. The lowest BCUT2D eigenvalue weighted by Crippen LogP contribution is -2.10. The Bertz CT molecular complexity index is 523. The molecule has 2 heterocycles. The van der Waals surface area contributed by atoms with Crippen LogP contribution in [0.3, 0.4) is 0 Å². The highest BCUT2D eigenvalue weighted by Gasteiger charge is 2.10. The van der Waals surface area contributed by atoms with Gasteiger partial charge in [-0.3, -0.25) is 4.98 Å². The Hall–Kier alpha value is -2.12. The summed E-state index contributed by atoms with van der Waals surface area (Å²) in [6.45, 7) is 0. The molecule has 0 saturated carbocycles. The van der Waals surface area contributed by atoms with Crippen molar-refractivity contribution in [2.24, 2.45) is 4.99 Å². The summed E-state index contributed by atoms with van der Waals surface area (Å²) in [7, 11) is 0. The monoisotopic (exact) mass is 230 g/mol. The highest BCUT2D eigenvalue weighted by atomic mass is 35.5. The average molecular weight is 231 g/mol. The number of allylic oxidation sites excluding steroid dienone is 2. The zero-order valence-corrected chi connectivity index (χ0v) is 8.94. The van der Waals surface area contributed by atoms with Gasteiger partial charge in [-0.15, -0.1) is 0 Å². The predicted molar refractivity (Wildman–Crippen MR) is 62.3 cm³/mol. The van der Waals surface area contributed by atoms with Crippen LogP contribution in [0.25, 0.3) is 5.57 Å². The third kappa shape index (κ3) is 2.10. The molecule has 0 amide bonds. The molecule has 0 saturated heterocycles. The summed E-state index contributed by atoms with van der Waals surface area (Å²) in [6, 6.07) is 7.44. The van der Waals surface area contributed by atoms with Crippen LogP contribution in [0.2, 0.25) is 0 Å². The molecule has 1 aliphatic heterocycles. The van der Waals surface area contributed by atoms with E-state index in [2.05, 4.69) is 21.4 Å². The molecule has 2 rings (SSSR count). The Labute approximate surface area is 97.6 Å². The van der Waals surface area contributed by atoms with Gasteiger partial charge in [-0.25, -0.2) is 4.99 Å².